The van der Waals surface area contributed by atoms with E-state index < -0.39 is 83.2 Å². The SMILES string of the molecule is CC(=O)OC[C@H]1O[C@H](Sc2ccc(Cl)c(Cl)c2)[C@H](OC(C)=O)[C@@H](NC(=O)c2cc(F)c(F)c(F)c2)[C@H]1OC(C)=O. The first-order valence-corrected chi connectivity index (χ1v) is 13.1. The molecule has 0 bridgehead atoms. The molecule has 2 aromatic rings. The van der Waals surface area contributed by atoms with Crippen LogP contribution in [-0.2, 0) is 33.3 Å². The van der Waals surface area contributed by atoms with Crippen LogP contribution in [0.3, 0.4) is 0 Å². The van der Waals surface area contributed by atoms with Crippen LogP contribution in [0.25, 0.3) is 0 Å². The van der Waals surface area contributed by atoms with E-state index in [2.05, 4.69) is 5.32 Å². The number of esters is 3. The summed E-state index contributed by atoms with van der Waals surface area (Å²) in [5.74, 6) is -8.49. The van der Waals surface area contributed by atoms with E-state index in [0.717, 1.165) is 32.5 Å². The van der Waals surface area contributed by atoms with Gasteiger partial charge in [-0.25, -0.2) is 13.2 Å². The zero-order chi connectivity index (χ0) is 29.7. The third-order valence-electron chi connectivity index (χ3n) is 5.39. The summed E-state index contributed by atoms with van der Waals surface area (Å²) < 4.78 is 63.1. The van der Waals surface area contributed by atoms with E-state index in [1.165, 1.54) is 12.1 Å². The van der Waals surface area contributed by atoms with Gasteiger partial charge in [0.2, 0.25) is 0 Å². The van der Waals surface area contributed by atoms with Gasteiger partial charge >= 0.3 is 17.9 Å². The van der Waals surface area contributed by atoms with Gasteiger partial charge in [-0.05, 0) is 30.3 Å². The fraction of sp³-hybridized carbons (Fsp3) is 0.360. The molecule has 0 aliphatic carbocycles. The van der Waals surface area contributed by atoms with Crippen LogP contribution in [0.1, 0.15) is 31.1 Å². The van der Waals surface area contributed by atoms with Crippen LogP contribution in [0.5, 0.6) is 0 Å². The topological polar surface area (TPSA) is 117 Å². The molecular weight excluding hydrogens is 602 g/mol. The summed E-state index contributed by atoms with van der Waals surface area (Å²) in [6.45, 7) is 2.81. The van der Waals surface area contributed by atoms with Crippen LogP contribution in [0, 0.1) is 17.5 Å². The molecule has 1 heterocycles. The number of nitrogens with one attached hydrogen (secondary N) is 1. The number of hydrogen-bond donors (Lipinski definition) is 1. The average molecular weight is 624 g/mol. The van der Waals surface area contributed by atoms with Crippen molar-refractivity contribution in [2.24, 2.45) is 0 Å². The Kier molecular flexibility index (Phi) is 10.7. The molecule has 40 heavy (non-hydrogen) atoms. The molecule has 15 heteroatoms. The number of ether oxygens (including phenoxy) is 4. The number of benzene rings is 2. The van der Waals surface area contributed by atoms with E-state index in [1.54, 1.807) is 6.07 Å². The van der Waals surface area contributed by atoms with Crippen molar-refractivity contribution in [1.82, 2.24) is 5.32 Å². The van der Waals surface area contributed by atoms with Crippen LogP contribution in [-0.4, -0.2) is 60.2 Å². The highest BCUT2D eigenvalue weighted by atomic mass is 35.5. The summed E-state index contributed by atoms with van der Waals surface area (Å²) in [7, 11) is 0. The quantitative estimate of drug-likeness (QED) is 0.258. The van der Waals surface area contributed by atoms with Crippen molar-refractivity contribution < 1.29 is 51.3 Å². The second-order valence-corrected chi connectivity index (χ2v) is 10.4. The number of thioether (sulfide) groups is 1. The van der Waals surface area contributed by atoms with Crippen molar-refractivity contribution in [2.45, 2.75) is 55.5 Å². The smallest absolute Gasteiger partial charge is 0.303 e. The van der Waals surface area contributed by atoms with E-state index in [0.29, 0.717) is 17.0 Å². The molecular formula is C25H22Cl2F3NO8S. The first kappa shape index (κ1) is 31.5. The molecule has 0 unspecified atom stereocenters. The number of rotatable bonds is 8. The molecule has 0 aromatic heterocycles. The zero-order valence-electron chi connectivity index (χ0n) is 21.0. The van der Waals surface area contributed by atoms with E-state index >= 15 is 0 Å². The lowest BCUT2D eigenvalue weighted by Crippen LogP contribution is -2.66. The fourth-order valence-electron chi connectivity index (χ4n) is 3.77. The van der Waals surface area contributed by atoms with E-state index in [-0.39, 0.29) is 10.0 Å². The minimum atomic E-state index is -1.78. The largest absolute Gasteiger partial charge is 0.463 e. The Morgan fingerprint density at radius 3 is 2.05 bits per heavy atom. The molecule has 9 nitrogen and oxygen atoms in total. The number of carbonyl (C=O) groups excluding carboxylic acids is 4. The van der Waals surface area contributed by atoms with Crippen LogP contribution in [0.15, 0.2) is 35.2 Å². The summed E-state index contributed by atoms with van der Waals surface area (Å²) in [5, 5.41) is 2.91. The lowest BCUT2D eigenvalue weighted by Gasteiger charge is -2.45. The molecule has 216 valence electrons. The molecule has 1 amide bonds. The lowest BCUT2D eigenvalue weighted by atomic mass is 9.96. The summed E-state index contributed by atoms with van der Waals surface area (Å²) >= 11 is 13.1. The van der Waals surface area contributed by atoms with Crippen molar-refractivity contribution in [3.8, 4) is 0 Å². The first-order chi connectivity index (χ1) is 18.8. The molecule has 3 rings (SSSR count). The van der Waals surface area contributed by atoms with Crippen LogP contribution in [0.4, 0.5) is 13.2 Å². The van der Waals surface area contributed by atoms with Gasteiger partial charge in [0.1, 0.15) is 24.2 Å². The first-order valence-electron chi connectivity index (χ1n) is 11.5. The normalized spacial score (nSPS) is 22.2. The molecule has 2 aromatic carbocycles. The van der Waals surface area contributed by atoms with Crippen LogP contribution >= 0.6 is 35.0 Å². The van der Waals surface area contributed by atoms with Gasteiger partial charge in [0.25, 0.3) is 5.91 Å². The van der Waals surface area contributed by atoms with Gasteiger partial charge in [-0.1, -0.05) is 35.0 Å². The minimum Gasteiger partial charge on any atom is -0.463 e. The van der Waals surface area contributed by atoms with E-state index in [4.69, 9.17) is 42.1 Å². The van der Waals surface area contributed by atoms with Crippen LogP contribution in [0.2, 0.25) is 10.0 Å². The third kappa shape index (κ3) is 8.03. The predicted octanol–water partition coefficient (Wildman–Crippen LogP) is 4.45. The van der Waals surface area contributed by atoms with Gasteiger partial charge in [-0.2, -0.15) is 0 Å². The van der Waals surface area contributed by atoms with Crippen molar-refractivity contribution in [1.29, 1.82) is 0 Å². The van der Waals surface area contributed by atoms with Gasteiger partial charge in [-0.15, -0.1) is 0 Å². The van der Waals surface area contributed by atoms with Gasteiger partial charge in [0.15, 0.2) is 29.7 Å². The second-order valence-electron chi connectivity index (χ2n) is 8.44. The predicted molar refractivity (Wildman–Crippen MR) is 136 cm³/mol. The maximum Gasteiger partial charge on any atom is 0.303 e. The number of hydrogen-bond acceptors (Lipinski definition) is 9. The lowest BCUT2D eigenvalue weighted by molar-refractivity contribution is -0.203. The highest BCUT2D eigenvalue weighted by Crippen LogP contribution is 2.38. The van der Waals surface area contributed by atoms with Crippen molar-refractivity contribution in [3.05, 3.63) is 63.4 Å². The molecule has 0 radical (unpaired) electrons. The summed E-state index contributed by atoms with van der Waals surface area (Å²) in [4.78, 5) is 49.3. The Morgan fingerprint density at radius 2 is 1.50 bits per heavy atom. The van der Waals surface area contributed by atoms with Crippen molar-refractivity contribution in [2.75, 3.05) is 6.61 Å². The molecule has 0 saturated carbocycles. The molecule has 5 atom stereocenters. The van der Waals surface area contributed by atoms with Gasteiger partial charge in [0.05, 0.1) is 10.0 Å². The highest BCUT2D eigenvalue weighted by molar-refractivity contribution is 7.99. The second kappa shape index (κ2) is 13.6. The van der Waals surface area contributed by atoms with E-state index in [1.807, 2.05) is 0 Å². The Bertz CT molecular complexity index is 1290. The molecule has 1 N–H and O–H groups in total. The maximum absolute atomic E-state index is 13.9. The highest BCUT2D eigenvalue weighted by Gasteiger charge is 2.51. The Hall–Kier alpha value is -3.00. The third-order valence-corrected chi connectivity index (χ3v) is 7.27. The summed E-state index contributed by atoms with van der Waals surface area (Å²) in [5.41, 5.74) is -1.75. The monoisotopic (exact) mass is 623 g/mol. The maximum atomic E-state index is 13.9. The zero-order valence-corrected chi connectivity index (χ0v) is 23.4. The van der Waals surface area contributed by atoms with Gasteiger partial charge in [-0.3, -0.25) is 19.2 Å². The molecule has 1 saturated heterocycles. The number of amides is 1. The fourth-order valence-corrected chi connectivity index (χ4v) is 5.30. The number of halogens is 5. The standard InChI is InChI=1S/C25H22Cl2F3NO8S/c1-10(32)36-9-19-22(37-11(2)33)21(31-24(35)13-6-17(28)20(30)18(29)7-13)23(38-12(3)34)25(39-19)40-14-4-5-15(26)16(27)8-14/h4-8,19,21-23,25H,9H2,1-3H3,(H,31,35)/t19-,21+,22+,23-,25-/m1/s1. The van der Waals surface area contributed by atoms with E-state index in [9.17, 15) is 32.3 Å². The van der Waals surface area contributed by atoms with Crippen molar-refractivity contribution >= 4 is 58.8 Å². The Labute approximate surface area is 240 Å². The van der Waals surface area contributed by atoms with Crippen molar-refractivity contribution in [3.63, 3.8) is 0 Å². The average Bonchev–Trinajstić information content (AvgIpc) is 2.86. The van der Waals surface area contributed by atoms with Gasteiger partial charge < -0.3 is 24.3 Å². The molecule has 0 spiro atoms. The van der Waals surface area contributed by atoms with Gasteiger partial charge in [0, 0.05) is 31.2 Å². The number of carbonyl (C=O) groups is 4. The Morgan fingerprint density at radius 1 is 0.900 bits per heavy atom. The molecule has 1 aliphatic heterocycles. The molecule has 1 fully saturated rings. The van der Waals surface area contributed by atoms with Crippen LogP contribution < -0.4 is 5.32 Å². The summed E-state index contributed by atoms with van der Waals surface area (Å²) in [6, 6.07) is 4.11. The summed E-state index contributed by atoms with van der Waals surface area (Å²) in [6.07, 6.45) is -4.02. The molecule has 1 aliphatic rings. The Balaban J connectivity index is 2.07. The minimum absolute atomic E-state index is 0.200.